The number of amides is 3. The van der Waals surface area contributed by atoms with E-state index in [1.165, 1.54) is 4.90 Å². The van der Waals surface area contributed by atoms with E-state index in [-0.39, 0.29) is 23.9 Å². The molecule has 0 bridgehead atoms. The van der Waals surface area contributed by atoms with E-state index in [1.54, 1.807) is 14.1 Å². The van der Waals surface area contributed by atoms with E-state index >= 15 is 0 Å². The summed E-state index contributed by atoms with van der Waals surface area (Å²) in [4.78, 5) is 27.8. The highest BCUT2D eigenvalue weighted by Gasteiger charge is 2.28. The number of urea groups is 1. The lowest BCUT2D eigenvalue weighted by atomic mass is 9.97. The van der Waals surface area contributed by atoms with Gasteiger partial charge in [0.2, 0.25) is 5.91 Å². The number of likely N-dealkylation sites (tertiary alicyclic amines) is 1. The Morgan fingerprint density at radius 2 is 1.95 bits per heavy atom. The summed E-state index contributed by atoms with van der Waals surface area (Å²) < 4.78 is 0. The second-order valence-corrected chi connectivity index (χ2v) is 6.10. The van der Waals surface area contributed by atoms with Gasteiger partial charge < -0.3 is 15.1 Å². The SMILES string of the molecule is C[C@H](C(=O)N1CCCC(NC(=O)N(C)C)C1)c1ccccc1. The maximum absolute atomic E-state index is 12.7. The minimum Gasteiger partial charge on any atom is -0.340 e. The van der Waals surface area contributed by atoms with Gasteiger partial charge in [0.1, 0.15) is 0 Å². The summed E-state index contributed by atoms with van der Waals surface area (Å²) in [6.07, 6.45) is 1.84. The number of carbonyl (C=O) groups is 2. The second kappa shape index (κ2) is 7.29. The first kappa shape index (κ1) is 16.3. The van der Waals surface area contributed by atoms with Gasteiger partial charge in [-0.25, -0.2) is 4.79 Å². The van der Waals surface area contributed by atoms with Crippen molar-refractivity contribution in [3.63, 3.8) is 0 Å². The van der Waals surface area contributed by atoms with Crippen LogP contribution in [0.1, 0.15) is 31.2 Å². The summed E-state index contributed by atoms with van der Waals surface area (Å²) in [5.41, 5.74) is 1.03. The molecule has 22 heavy (non-hydrogen) atoms. The Hall–Kier alpha value is -2.04. The third kappa shape index (κ3) is 4.00. The highest BCUT2D eigenvalue weighted by molar-refractivity contribution is 5.83. The molecule has 5 heteroatoms. The quantitative estimate of drug-likeness (QED) is 0.929. The molecular formula is C17H25N3O2. The van der Waals surface area contributed by atoms with Crippen LogP contribution in [0.3, 0.4) is 0 Å². The molecule has 0 saturated carbocycles. The predicted octanol–water partition coefficient (Wildman–Crippen LogP) is 2.05. The number of nitrogens with one attached hydrogen (secondary N) is 1. The van der Waals surface area contributed by atoms with Crippen LogP contribution in [0.15, 0.2) is 30.3 Å². The smallest absolute Gasteiger partial charge is 0.317 e. The molecule has 1 aliphatic rings. The molecule has 1 fully saturated rings. The largest absolute Gasteiger partial charge is 0.340 e. The number of carbonyl (C=O) groups excluding carboxylic acids is 2. The molecule has 1 aromatic rings. The van der Waals surface area contributed by atoms with Gasteiger partial charge in [0.05, 0.1) is 5.92 Å². The fraction of sp³-hybridized carbons (Fsp3) is 0.529. The van der Waals surface area contributed by atoms with Crippen LogP contribution in [-0.4, -0.2) is 55.0 Å². The zero-order valence-corrected chi connectivity index (χ0v) is 13.6. The minimum absolute atomic E-state index is 0.0376. The Morgan fingerprint density at radius 1 is 1.27 bits per heavy atom. The van der Waals surface area contributed by atoms with Gasteiger partial charge in [-0.15, -0.1) is 0 Å². The van der Waals surface area contributed by atoms with E-state index in [9.17, 15) is 9.59 Å². The lowest BCUT2D eigenvalue weighted by Gasteiger charge is -2.35. The Labute approximate surface area is 132 Å². The van der Waals surface area contributed by atoms with Crippen molar-refractivity contribution in [2.24, 2.45) is 0 Å². The highest BCUT2D eigenvalue weighted by Crippen LogP contribution is 2.20. The lowest BCUT2D eigenvalue weighted by molar-refractivity contribution is -0.133. The molecule has 120 valence electrons. The summed E-state index contributed by atoms with van der Waals surface area (Å²) in [5, 5.41) is 2.97. The molecule has 0 spiro atoms. The summed E-state index contributed by atoms with van der Waals surface area (Å²) in [6, 6.07) is 9.76. The Bertz CT molecular complexity index is 516. The van der Waals surface area contributed by atoms with Gasteiger partial charge in [0.25, 0.3) is 0 Å². The van der Waals surface area contributed by atoms with Crippen molar-refractivity contribution < 1.29 is 9.59 Å². The first-order chi connectivity index (χ1) is 10.5. The first-order valence-corrected chi connectivity index (χ1v) is 7.80. The molecule has 1 unspecified atom stereocenters. The van der Waals surface area contributed by atoms with Crippen LogP contribution in [-0.2, 0) is 4.79 Å². The number of benzene rings is 1. The van der Waals surface area contributed by atoms with Gasteiger partial charge in [-0.1, -0.05) is 30.3 Å². The second-order valence-electron chi connectivity index (χ2n) is 6.10. The molecule has 0 radical (unpaired) electrons. The fourth-order valence-electron chi connectivity index (χ4n) is 2.76. The van der Waals surface area contributed by atoms with Crippen molar-refractivity contribution in [2.45, 2.75) is 31.7 Å². The molecule has 1 saturated heterocycles. The monoisotopic (exact) mass is 303 g/mol. The molecule has 2 atom stereocenters. The number of hydrogen-bond acceptors (Lipinski definition) is 2. The van der Waals surface area contributed by atoms with Gasteiger partial charge >= 0.3 is 6.03 Å². The number of rotatable bonds is 3. The van der Waals surface area contributed by atoms with Crippen molar-refractivity contribution >= 4 is 11.9 Å². The first-order valence-electron chi connectivity index (χ1n) is 7.80. The zero-order chi connectivity index (χ0) is 16.1. The number of hydrogen-bond donors (Lipinski definition) is 1. The van der Waals surface area contributed by atoms with Crippen molar-refractivity contribution in [1.29, 1.82) is 0 Å². The van der Waals surface area contributed by atoms with E-state index < -0.39 is 0 Å². The van der Waals surface area contributed by atoms with E-state index in [4.69, 9.17) is 0 Å². The van der Waals surface area contributed by atoms with Crippen molar-refractivity contribution in [3.8, 4) is 0 Å². The van der Waals surface area contributed by atoms with Gasteiger partial charge in [-0.2, -0.15) is 0 Å². The molecule has 1 aromatic carbocycles. The number of piperidine rings is 1. The standard InChI is InChI=1S/C17H25N3O2/c1-13(14-8-5-4-6-9-14)16(21)20-11-7-10-15(12-20)18-17(22)19(2)3/h4-6,8-9,13,15H,7,10-12H2,1-3H3,(H,18,22)/t13-,15?/m0/s1. The minimum atomic E-state index is -0.149. The Balaban J connectivity index is 1.97. The van der Waals surface area contributed by atoms with Crippen LogP contribution >= 0.6 is 0 Å². The third-order valence-corrected chi connectivity index (χ3v) is 4.14. The molecule has 1 heterocycles. The van der Waals surface area contributed by atoms with Gasteiger partial charge in [0, 0.05) is 33.2 Å². The van der Waals surface area contributed by atoms with Crippen molar-refractivity contribution in [1.82, 2.24) is 15.1 Å². The number of nitrogens with zero attached hydrogens (tertiary/aromatic N) is 2. The molecule has 5 nitrogen and oxygen atoms in total. The highest BCUT2D eigenvalue weighted by atomic mass is 16.2. The van der Waals surface area contributed by atoms with Crippen molar-refractivity contribution in [3.05, 3.63) is 35.9 Å². The van der Waals surface area contributed by atoms with Crippen molar-refractivity contribution in [2.75, 3.05) is 27.2 Å². The van der Waals surface area contributed by atoms with Crippen LogP contribution in [0.25, 0.3) is 0 Å². The normalized spacial score (nSPS) is 19.4. The maximum Gasteiger partial charge on any atom is 0.317 e. The zero-order valence-electron chi connectivity index (χ0n) is 13.6. The fourth-order valence-corrected chi connectivity index (χ4v) is 2.76. The van der Waals surface area contributed by atoms with Gasteiger partial charge in [0.15, 0.2) is 0 Å². The summed E-state index contributed by atoms with van der Waals surface area (Å²) in [6.45, 7) is 3.31. The summed E-state index contributed by atoms with van der Waals surface area (Å²) in [5.74, 6) is -0.0143. The van der Waals surface area contributed by atoms with Gasteiger partial charge in [-0.3, -0.25) is 4.79 Å². The molecule has 1 N–H and O–H groups in total. The summed E-state index contributed by atoms with van der Waals surface area (Å²) >= 11 is 0. The Morgan fingerprint density at radius 3 is 2.59 bits per heavy atom. The average molecular weight is 303 g/mol. The van der Waals surface area contributed by atoms with Crippen LogP contribution in [0.4, 0.5) is 4.79 Å². The predicted molar refractivity (Wildman–Crippen MR) is 86.7 cm³/mol. The van der Waals surface area contributed by atoms with E-state index in [2.05, 4.69) is 5.32 Å². The average Bonchev–Trinajstić information content (AvgIpc) is 2.54. The molecule has 0 aliphatic carbocycles. The molecule has 0 aromatic heterocycles. The summed E-state index contributed by atoms with van der Waals surface area (Å²) in [7, 11) is 3.44. The molecule has 1 aliphatic heterocycles. The molecule has 2 rings (SSSR count). The Kier molecular flexibility index (Phi) is 5.41. The molecule has 3 amide bonds. The van der Waals surface area contributed by atoms with Crippen LogP contribution in [0.5, 0.6) is 0 Å². The lowest BCUT2D eigenvalue weighted by Crippen LogP contribution is -2.52. The van der Waals surface area contributed by atoms with Crippen LogP contribution < -0.4 is 5.32 Å². The van der Waals surface area contributed by atoms with Crippen LogP contribution in [0.2, 0.25) is 0 Å². The van der Waals surface area contributed by atoms with E-state index in [0.717, 1.165) is 24.9 Å². The van der Waals surface area contributed by atoms with E-state index in [1.807, 2.05) is 42.2 Å². The van der Waals surface area contributed by atoms with Crippen LogP contribution in [0, 0.1) is 0 Å². The third-order valence-electron chi connectivity index (χ3n) is 4.14. The van der Waals surface area contributed by atoms with E-state index in [0.29, 0.717) is 6.54 Å². The maximum atomic E-state index is 12.7. The van der Waals surface area contributed by atoms with Gasteiger partial charge in [-0.05, 0) is 25.3 Å². The molecular weight excluding hydrogens is 278 g/mol. The topological polar surface area (TPSA) is 52.7 Å².